The van der Waals surface area contributed by atoms with Crippen molar-refractivity contribution in [3.8, 4) is 5.75 Å². The van der Waals surface area contributed by atoms with Gasteiger partial charge in [0.15, 0.2) is 0 Å². The van der Waals surface area contributed by atoms with Crippen molar-refractivity contribution in [2.45, 2.75) is 33.2 Å². The molecule has 0 spiro atoms. The first-order valence-corrected chi connectivity index (χ1v) is 5.64. The molecule has 0 amide bonds. The molecule has 1 atom stereocenters. The summed E-state index contributed by atoms with van der Waals surface area (Å²) in [5, 5.41) is 0. The summed E-state index contributed by atoms with van der Waals surface area (Å²) >= 11 is 0. The number of aliphatic imine (C=N–C) groups is 1. The van der Waals surface area contributed by atoms with Crippen LogP contribution < -0.4 is 10.4 Å². The van der Waals surface area contributed by atoms with Gasteiger partial charge in [-0.2, -0.15) is 0 Å². The van der Waals surface area contributed by atoms with Crippen LogP contribution in [0.25, 0.3) is 0 Å². The molecular weight excluding hydrogens is 218 g/mol. The Morgan fingerprint density at radius 3 is 2.65 bits per heavy atom. The molecule has 0 saturated heterocycles. The van der Waals surface area contributed by atoms with Crippen LogP contribution in [0, 0.1) is 12.8 Å². The zero-order valence-corrected chi connectivity index (χ0v) is 10.8. The van der Waals surface area contributed by atoms with Gasteiger partial charge in [0.2, 0.25) is 0 Å². The monoisotopic (exact) mass is 237 g/mol. The van der Waals surface area contributed by atoms with Gasteiger partial charge in [-0.15, -0.1) is 0 Å². The Morgan fingerprint density at radius 1 is 1.53 bits per heavy atom. The largest absolute Gasteiger partial charge is 0.496 e. The lowest BCUT2D eigenvalue weighted by Crippen LogP contribution is -2.15. The molecule has 17 heavy (non-hydrogen) atoms. The molecular formula is C13H19NO3. The van der Waals surface area contributed by atoms with Crippen LogP contribution in [0.1, 0.15) is 37.6 Å². The van der Waals surface area contributed by atoms with Crippen LogP contribution in [0.15, 0.2) is 20.3 Å². The van der Waals surface area contributed by atoms with Gasteiger partial charge in [-0.1, -0.05) is 13.8 Å². The molecule has 4 nitrogen and oxygen atoms in total. The molecule has 0 fully saturated rings. The topological polar surface area (TPSA) is 51.8 Å². The van der Waals surface area contributed by atoms with Gasteiger partial charge in [-0.05, 0) is 26.0 Å². The standard InChI is InChI=1S/C13H19NO3/c1-8(2)6-10(14-4)12-11(16-5)7-9(3)17-13(12)15/h7-8,10H,4,6H2,1-3,5H3. The average Bonchev–Trinajstić information content (AvgIpc) is 2.25. The van der Waals surface area contributed by atoms with Gasteiger partial charge in [0.25, 0.3) is 0 Å². The van der Waals surface area contributed by atoms with Crippen LogP contribution in [0.5, 0.6) is 5.75 Å². The normalized spacial score (nSPS) is 12.5. The zero-order valence-electron chi connectivity index (χ0n) is 10.8. The third kappa shape index (κ3) is 3.19. The van der Waals surface area contributed by atoms with Gasteiger partial charge in [0.1, 0.15) is 17.1 Å². The first kappa shape index (κ1) is 13.5. The van der Waals surface area contributed by atoms with Crippen molar-refractivity contribution < 1.29 is 9.15 Å². The fraction of sp³-hybridized carbons (Fsp3) is 0.538. The summed E-state index contributed by atoms with van der Waals surface area (Å²) in [5.74, 6) is 1.47. The number of hydrogen-bond donors (Lipinski definition) is 0. The highest BCUT2D eigenvalue weighted by atomic mass is 16.5. The number of aryl methyl sites for hydroxylation is 1. The third-order valence-corrected chi connectivity index (χ3v) is 2.54. The van der Waals surface area contributed by atoms with E-state index in [0.29, 0.717) is 23.0 Å². The van der Waals surface area contributed by atoms with Crippen molar-refractivity contribution in [3.05, 3.63) is 27.8 Å². The molecule has 0 radical (unpaired) electrons. The molecule has 1 aromatic rings. The number of ether oxygens (including phenoxy) is 1. The molecule has 0 N–H and O–H groups in total. The van der Waals surface area contributed by atoms with E-state index in [4.69, 9.17) is 9.15 Å². The second-order valence-electron chi connectivity index (χ2n) is 4.45. The van der Waals surface area contributed by atoms with Gasteiger partial charge in [-0.3, -0.25) is 4.99 Å². The summed E-state index contributed by atoms with van der Waals surface area (Å²) in [5.41, 5.74) is 0.0710. The molecule has 94 valence electrons. The second-order valence-corrected chi connectivity index (χ2v) is 4.45. The quantitative estimate of drug-likeness (QED) is 0.740. The molecule has 0 aliphatic carbocycles. The fourth-order valence-electron chi connectivity index (χ4n) is 1.79. The van der Waals surface area contributed by atoms with Crippen molar-refractivity contribution in [2.24, 2.45) is 10.9 Å². The first-order valence-electron chi connectivity index (χ1n) is 5.64. The molecule has 0 aliphatic rings. The molecule has 1 aromatic heterocycles. The molecule has 0 bridgehead atoms. The van der Waals surface area contributed by atoms with E-state index >= 15 is 0 Å². The lowest BCUT2D eigenvalue weighted by atomic mass is 9.98. The van der Waals surface area contributed by atoms with Crippen molar-refractivity contribution in [1.82, 2.24) is 0 Å². The SMILES string of the molecule is C=NC(CC(C)C)c1c(OC)cc(C)oc1=O. The van der Waals surface area contributed by atoms with E-state index in [-0.39, 0.29) is 11.7 Å². The molecule has 1 rings (SSSR count). The van der Waals surface area contributed by atoms with Crippen molar-refractivity contribution in [3.63, 3.8) is 0 Å². The maximum absolute atomic E-state index is 11.9. The Kier molecular flexibility index (Phi) is 4.49. The van der Waals surface area contributed by atoms with E-state index in [1.54, 1.807) is 13.0 Å². The van der Waals surface area contributed by atoms with Crippen LogP contribution in [0.4, 0.5) is 0 Å². The Labute approximate surface area is 101 Å². The van der Waals surface area contributed by atoms with Crippen LogP contribution in [-0.2, 0) is 0 Å². The van der Waals surface area contributed by atoms with Crippen LogP contribution in [0.2, 0.25) is 0 Å². The van der Waals surface area contributed by atoms with Crippen LogP contribution >= 0.6 is 0 Å². The minimum absolute atomic E-state index is 0.276. The zero-order chi connectivity index (χ0) is 13.0. The van der Waals surface area contributed by atoms with E-state index in [9.17, 15) is 4.79 Å². The lowest BCUT2D eigenvalue weighted by molar-refractivity contribution is 0.374. The number of rotatable bonds is 5. The van der Waals surface area contributed by atoms with E-state index in [0.717, 1.165) is 6.42 Å². The highest BCUT2D eigenvalue weighted by molar-refractivity contribution is 5.36. The molecule has 0 aromatic carbocycles. The summed E-state index contributed by atoms with van der Waals surface area (Å²) in [6, 6.07) is 1.43. The van der Waals surface area contributed by atoms with E-state index in [1.807, 2.05) is 0 Å². The first-order chi connectivity index (χ1) is 7.99. The molecule has 1 unspecified atom stereocenters. The van der Waals surface area contributed by atoms with Crippen molar-refractivity contribution >= 4 is 6.72 Å². The van der Waals surface area contributed by atoms with Crippen molar-refractivity contribution in [2.75, 3.05) is 7.11 Å². The number of hydrogen-bond acceptors (Lipinski definition) is 4. The Balaban J connectivity index is 3.27. The Morgan fingerprint density at radius 2 is 2.18 bits per heavy atom. The summed E-state index contributed by atoms with van der Waals surface area (Å²) < 4.78 is 10.3. The second kappa shape index (κ2) is 5.66. The summed E-state index contributed by atoms with van der Waals surface area (Å²) in [4.78, 5) is 15.9. The molecule has 1 heterocycles. The van der Waals surface area contributed by atoms with Gasteiger partial charge in [0, 0.05) is 6.07 Å². The van der Waals surface area contributed by atoms with Gasteiger partial charge in [0.05, 0.1) is 13.2 Å². The summed E-state index contributed by atoms with van der Waals surface area (Å²) in [6.45, 7) is 9.40. The maximum atomic E-state index is 11.9. The van der Waals surface area contributed by atoms with Gasteiger partial charge < -0.3 is 9.15 Å². The maximum Gasteiger partial charge on any atom is 0.345 e. The van der Waals surface area contributed by atoms with Gasteiger partial charge in [-0.25, -0.2) is 4.79 Å². The summed E-state index contributed by atoms with van der Waals surface area (Å²) in [7, 11) is 1.53. The smallest absolute Gasteiger partial charge is 0.345 e. The highest BCUT2D eigenvalue weighted by Crippen LogP contribution is 2.29. The third-order valence-electron chi connectivity index (χ3n) is 2.54. The molecule has 0 saturated carbocycles. The van der Waals surface area contributed by atoms with Crippen LogP contribution in [-0.4, -0.2) is 13.8 Å². The van der Waals surface area contributed by atoms with E-state index < -0.39 is 0 Å². The molecule has 0 aliphatic heterocycles. The Bertz CT molecular complexity index is 448. The molecule has 4 heteroatoms. The minimum atomic E-state index is -0.389. The van der Waals surface area contributed by atoms with Crippen molar-refractivity contribution in [1.29, 1.82) is 0 Å². The highest BCUT2D eigenvalue weighted by Gasteiger charge is 2.21. The minimum Gasteiger partial charge on any atom is -0.496 e. The predicted molar refractivity (Wildman–Crippen MR) is 68.0 cm³/mol. The lowest BCUT2D eigenvalue weighted by Gasteiger charge is -2.16. The van der Waals surface area contributed by atoms with E-state index in [2.05, 4.69) is 25.6 Å². The van der Waals surface area contributed by atoms with Crippen LogP contribution in [0.3, 0.4) is 0 Å². The number of nitrogens with zero attached hydrogens (tertiary/aromatic N) is 1. The number of methoxy groups -OCH3 is 1. The van der Waals surface area contributed by atoms with E-state index in [1.165, 1.54) is 7.11 Å². The Hall–Kier alpha value is -1.58. The van der Waals surface area contributed by atoms with Gasteiger partial charge >= 0.3 is 5.63 Å². The average molecular weight is 237 g/mol. The predicted octanol–water partition coefficient (Wildman–Crippen LogP) is 2.74. The summed E-state index contributed by atoms with van der Waals surface area (Å²) in [6.07, 6.45) is 0.744. The fourth-order valence-corrected chi connectivity index (χ4v) is 1.79.